The van der Waals surface area contributed by atoms with E-state index in [1.54, 1.807) is 7.11 Å². The lowest BCUT2D eigenvalue weighted by Gasteiger charge is -2.19. The van der Waals surface area contributed by atoms with Crippen molar-refractivity contribution in [3.8, 4) is 5.75 Å². The number of rotatable bonds is 6. The van der Waals surface area contributed by atoms with Gasteiger partial charge in [0.05, 0.1) is 13.3 Å². The third-order valence-electron chi connectivity index (χ3n) is 3.34. The quantitative estimate of drug-likeness (QED) is 0.865. The summed E-state index contributed by atoms with van der Waals surface area (Å²) in [6.45, 7) is 0. The SMILES string of the molecule is CNC(CCc1cnn(C)c1)c1ccccc1OC. The minimum atomic E-state index is 0.288. The molecule has 1 unspecified atom stereocenters. The molecule has 0 fully saturated rings. The second-order valence-electron chi connectivity index (χ2n) is 4.64. The largest absolute Gasteiger partial charge is 0.496 e. The number of hydrogen-bond donors (Lipinski definition) is 1. The Kier molecular flexibility index (Phi) is 4.58. The van der Waals surface area contributed by atoms with Crippen molar-refractivity contribution in [1.82, 2.24) is 15.1 Å². The molecular weight excluding hydrogens is 238 g/mol. The molecule has 0 bridgehead atoms. The number of para-hydroxylation sites is 1. The number of methoxy groups -OCH3 is 1. The third kappa shape index (κ3) is 3.35. The summed E-state index contributed by atoms with van der Waals surface area (Å²) in [5, 5.41) is 7.56. The molecule has 0 radical (unpaired) electrons. The molecule has 4 heteroatoms. The lowest BCUT2D eigenvalue weighted by molar-refractivity contribution is 0.399. The van der Waals surface area contributed by atoms with Gasteiger partial charge < -0.3 is 10.1 Å². The van der Waals surface area contributed by atoms with Crippen LogP contribution in [-0.2, 0) is 13.5 Å². The Morgan fingerprint density at radius 1 is 1.37 bits per heavy atom. The van der Waals surface area contributed by atoms with E-state index < -0.39 is 0 Å². The first-order chi connectivity index (χ1) is 9.24. The number of ether oxygens (including phenoxy) is 1. The fraction of sp³-hybridized carbons (Fsp3) is 0.400. The average molecular weight is 259 g/mol. The van der Waals surface area contributed by atoms with Gasteiger partial charge in [-0.1, -0.05) is 18.2 Å². The summed E-state index contributed by atoms with van der Waals surface area (Å²) in [5.74, 6) is 0.938. The molecule has 0 amide bonds. The van der Waals surface area contributed by atoms with Gasteiger partial charge >= 0.3 is 0 Å². The standard InChI is InChI=1S/C15H21N3O/c1-16-14(9-8-12-10-17-18(2)11-12)13-6-4-5-7-15(13)19-3/h4-7,10-11,14,16H,8-9H2,1-3H3. The number of benzene rings is 1. The summed E-state index contributed by atoms with van der Waals surface area (Å²) in [4.78, 5) is 0. The van der Waals surface area contributed by atoms with Gasteiger partial charge in [-0.25, -0.2) is 0 Å². The van der Waals surface area contributed by atoms with Gasteiger partial charge in [-0.3, -0.25) is 4.68 Å². The highest BCUT2D eigenvalue weighted by molar-refractivity contribution is 5.35. The lowest BCUT2D eigenvalue weighted by Crippen LogP contribution is -2.17. The van der Waals surface area contributed by atoms with Crippen molar-refractivity contribution in [2.75, 3.05) is 14.2 Å². The predicted octanol–water partition coefficient (Wildman–Crippen LogP) is 2.32. The van der Waals surface area contributed by atoms with Crippen LogP contribution in [0.4, 0.5) is 0 Å². The van der Waals surface area contributed by atoms with Crippen LogP contribution in [0.15, 0.2) is 36.7 Å². The Hall–Kier alpha value is -1.81. The third-order valence-corrected chi connectivity index (χ3v) is 3.34. The smallest absolute Gasteiger partial charge is 0.123 e. The van der Waals surface area contributed by atoms with Gasteiger partial charge in [-0.15, -0.1) is 0 Å². The molecule has 0 spiro atoms. The maximum absolute atomic E-state index is 5.43. The maximum Gasteiger partial charge on any atom is 0.123 e. The number of aromatic nitrogens is 2. The first kappa shape index (κ1) is 13.6. The number of nitrogens with one attached hydrogen (secondary N) is 1. The zero-order valence-electron chi connectivity index (χ0n) is 11.8. The van der Waals surface area contributed by atoms with Gasteiger partial charge in [0.25, 0.3) is 0 Å². The molecule has 1 aromatic carbocycles. The zero-order valence-corrected chi connectivity index (χ0v) is 11.8. The van der Waals surface area contributed by atoms with Crippen molar-refractivity contribution < 1.29 is 4.74 Å². The predicted molar refractivity (Wildman–Crippen MR) is 76.3 cm³/mol. The Labute approximate surface area is 114 Å². The van der Waals surface area contributed by atoms with Crippen molar-refractivity contribution in [3.05, 3.63) is 47.8 Å². The molecular formula is C15H21N3O. The van der Waals surface area contributed by atoms with E-state index in [1.165, 1.54) is 11.1 Å². The Morgan fingerprint density at radius 3 is 2.79 bits per heavy atom. The van der Waals surface area contributed by atoms with Gasteiger partial charge in [0, 0.05) is 24.8 Å². The number of aryl methyl sites for hydroxylation is 2. The van der Waals surface area contributed by atoms with Crippen LogP contribution in [0, 0.1) is 0 Å². The van der Waals surface area contributed by atoms with Crippen molar-refractivity contribution in [1.29, 1.82) is 0 Å². The molecule has 2 rings (SSSR count). The van der Waals surface area contributed by atoms with Crippen LogP contribution in [0.25, 0.3) is 0 Å². The molecule has 1 heterocycles. The zero-order chi connectivity index (χ0) is 13.7. The summed E-state index contributed by atoms with van der Waals surface area (Å²) in [6.07, 6.45) is 6.00. The van der Waals surface area contributed by atoms with E-state index in [9.17, 15) is 0 Å². The van der Waals surface area contributed by atoms with Gasteiger partial charge in [0.15, 0.2) is 0 Å². The van der Waals surface area contributed by atoms with Crippen LogP contribution in [-0.4, -0.2) is 23.9 Å². The normalized spacial score (nSPS) is 12.4. The highest BCUT2D eigenvalue weighted by Crippen LogP contribution is 2.27. The van der Waals surface area contributed by atoms with E-state index in [-0.39, 0.29) is 6.04 Å². The van der Waals surface area contributed by atoms with Crippen LogP contribution in [0.3, 0.4) is 0 Å². The molecule has 1 atom stereocenters. The summed E-state index contributed by atoms with van der Waals surface area (Å²) in [5.41, 5.74) is 2.47. The van der Waals surface area contributed by atoms with Crippen molar-refractivity contribution >= 4 is 0 Å². The average Bonchev–Trinajstić information content (AvgIpc) is 2.86. The van der Waals surface area contributed by atoms with E-state index in [4.69, 9.17) is 4.74 Å². The van der Waals surface area contributed by atoms with Gasteiger partial charge in [-0.05, 0) is 31.5 Å². The van der Waals surface area contributed by atoms with Crippen molar-refractivity contribution in [2.45, 2.75) is 18.9 Å². The fourth-order valence-corrected chi connectivity index (χ4v) is 2.32. The molecule has 4 nitrogen and oxygen atoms in total. The van der Waals surface area contributed by atoms with Crippen molar-refractivity contribution in [2.24, 2.45) is 7.05 Å². The van der Waals surface area contributed by atoms with Crippen molar-refractivity contribution in [3.63, 3.8) is 0 Å². The van der Waals surface area contributed by atoms with Gasteiger partial charge in [0.2, 0.25) is 0 Å². The minimum absolute atomic E-state index is 0.288. The van der Waals surface area contributed by atoms with E-state index >= 15 is 0 Å². The van der Waals surface area contributed by atoms with Crippen LogP contribution < -0.4 is 10.1 Å². The van der Waals surface area contributed by atoms with E-state index in [0.29, 0.717) is 0 Å². The molecule has 1 N–H and O–H groups in total. The topological polar surface area (TPSA) is 39.1 Å². The summed E-state index contributed by atoms with van der Waals surface area (Å²) >= 11 is 0. The van der Waals surface area contributed by atoms with E-state index in [2.05, 4.69) is 22.7 Å². The number of nitrogens with zero attached hydrogens (tertiary/aromatic N) is 2. The van der Waals surface area contributed by atoms with Crippen LogP contribution >= 0.6 is 0 Å². The molecule has 1 aromatic heterocycles. The molecule has 102 valence electrons. The highest BCUT2D eigenvalue weighted by Gasteiger charge is 2.14. The maximum atomic E-state index is 5.43. The molecule has 0 saturated heterocycles. The second-order valence-corrected chi connectivity index (χ2v) is 4.64. The minimum Gasteiger partial charge on any atom is -0.496 e. The molecule has 19 heavy (non-hydrogen) atoms. The van der Waals surface area contributed by atoms with E-state index in [0.717, 1.165) is 18.6 Å². The first-order valence-electron chi connectivity index (χ1n) is 6.52. The summed E-state index contributed by atoms with van der Waals surface area (Å²) < 4.78 is 7.27. The fourth-order valence-electron chi connectivity index (χ4n) is 2.32. The Bertz CT molecular complexity index is 522. The lowest BCUT2D eigenvalue weighted by atomic mass is 9.99. The second kappa shape index (κ2) is 6.38. The summed E-state index contributed by atoms with van der Waals surface area (Å²) in [7, 11) is 5.65. The van der Waals surface area contributed by atoms with Crippen LogP contribution in [0.5, 0.6) is 5.75 Å². The first-order valence-corrected chi connectivity index (χ1v) is 6.52. The molecule has 0 aliphatic carbocycles. The Balaban J connectivity index is 2.07. The monoisotopic (exact) mass is 259 g/mol. The molecule has 0 aliphatic heterocycles. The molecule has 0 aliphatic rings. The molecule has 2 aromatic rings. The summed E-state index contributed by atoms with van der Waals surface area (Å²) in [6, 6.07) is 8.45. The number of hydrogen-bond acceptors (Lipinski definition) is 3. The molecule has 0 saturated carbocycles. The van der Waals surface area contributed by atoms with Crippen LogP contribution in [0.2, 0.25) is 0 Å². The van der Waals surface area contributed by atoms with Crippen LogP contribution in [0.1, 0.15) is 23.6 Å². The Morgan fingerprint density at radius 2 is 2.16 bits per heavy atom. The van der Waals surface area contributed by atoms with Gasteiger partial charge in [0.1, 0.15) is 5.75 Å². The highest BCUT2D eigenvalue weighted by atomic mass is 16.5. The van der Waals surface area contributed by atoms with E-state index in [1.807, 2.05) is 43.2 Å². The van der Waals surface area contributed by atoms with Gasteiger partial charge in [-0.2, -0.15) is 5.10 Å².